The van der Waals surface area contributed by atoms with Crippen LogP contribution in [0, 0.1) is 0 Å². The summed E-state index contributed by atoms with van der Waals surface area (Å²) in [5.41, 5.74) is 3.74. The number of nitrogens with zero attached hydrogens (tertiary/aromatic N) is 2. The van der Waals surface area contributed by atoms with E-state index in [0.29, 0.717) is 22.7 Å². The van der Waals surface area contributed by atoms with Gasteiger partial charge in [0.2, 0.25) is 0 Å². The molecule has 160 valence electrons. The van der Waals surface area contributed by atoms with Crippen LogP contribution in [0.4, 0.5) is 0 Å². The molecule has 1 aromatic heterocycles. The van der Waals surface area contributed by atoms with Gasteiger partial charge >= 0.3 is 5.97 Å². The first-order chi connectivity index (χ1) is 14.9. The molecule has 0 aliphatic heterocycles. The molecule has 0 saturated heterocycles. The van der Waals surface area contributed by atoms with Gasteiger partial charge in [-0.3, -0.25) is 19.5 Å². The van der Waals surface area contributed by atoms with Crippen LogP contribution < -0.4 is 15.7 Å². The first kappa shape index (κ1) is 21.6. The minimum absolute atomic E-state index is 0.163. The monoisotopic (exact) mass is 422 g/mol. The molecule has 0 saturated carbocycles. The second kappa shape index (κ2) is 9.57. The maximum atomic E-state index is 13.1. The van der Waals surface area contributed by atoms with E-state index < -0.39 is 17.4 Å². The van der Waals surface area contributed by atoms with E-state index in [9.17, 15) is 14.4 Å². The van der Waals surface area contributed by atoms with Gasteiger partial charge in [0.05, 0.1) is 43.3 Å². The normalized spacial score (nSPS) is 11.1. The van der Waals surface area contributed by atoms with Gasteiger partial charge in [0.15, 0.2) is 0 Å². The molecule has 9 nitrogen and oxygen atoms in total. The fourth-order valence-corrected chi connectivity index (χ4v) is 2.96. The number of carbonyl (C=O) groups is 2. The summed E-state index contributed by atoms with van der Waals surface area (Å²) in [5.74, 6) is -0.300. The number of hydrogen-bond acceptors (Lipinski definition) is 6. The van der Waals surface area contributed by atoms with Crippen molar-refractivity contribution in [3.05, 3.63) is 81.8 Å². The van der Waals surface area contributed by atoms with Gasteiger partial charge in [-0.15, -0.1) is 0 Å². The van der Waals surface area contributed by atoms with Gasteiger partial charge < -0.3 is 9.47 Å². The van der Waals surface area contributed by atoms with Crippen LogP contribution in [0.1, 0.15) is 28.5 Å². The molecule has 0 bridgehead atoms. The van der Waals surface area contributed by atoms with Gasteiger partial charge in [0, 0.05) is 5.56 Å². The van der Waals surface area contributed by atoms with Crippen molar-refractivity contribution in [2.75, 3.05) is 14.2 Å². The van der Waals surface area contributed by atoms with Crippen LogP contribution in [0.3, 0.4) is 0 Å². The molecular weight excluding hydrogens is 400 g/mol. The lowest BCUT2D eigenvalue weighted by molar-refractivity contribution is -0.139. The number of nitrogens with one attached hydrogen (secondary N) is 2. The van der Waals surface area contributed by atoms with E-state index in [-0.39, 0.29) is 17.7 Å². The van der Waals surface area contributed by atoms with E-state index in [4.69, 9.17) is 9.47 Å². The number of aromatic amines is 1. The number of benzene rings is 2. The molecule has 0 aliphatic rings. The zero-order valence-electron chi connectivity index (χ0n) is 17.3. The molecule has 31 heavy (non-hydrogen) atoms. The van der Waals surface area contributed by atoms with Gasteiger partial charge in [-0.1, -0.05) is 18.2 Å². The molecule has 0 unspecified atom stereocenters. The Bertz CT molecular complexity index is 1160. The number of carbonyl (C=O) groups excluding carboxylic acids is 2. The number of H-pyrrole nitrogens is 1. The maximum absolute atomic E-state index is 13.1. The Morgan fingerprint density at radius 3 is 2.35 bits per heavy atom. The number of amides is 1. The number of ether oxygens (including phenoxy) is 2. The smallest absolute Gasteiger partial charge is 0.311 e. The van der Waals surface area contributed by atoms with Gasteiger partial charge in [-0.2, -0.15) is 5.10 Å². The lowest BCUT2D eigenvalue weighted by Crippen LogP contribution is -2.23. The predicted molar refractivity (Wildman–Crippen MR) is 115 cm³/mol. The van der Waals surface area contributed by atoms with Crippen molar-refractivity contribution in [2.24, 2.45) is 5.10 Å². The highest BCUT2D eigenvalue weighted by Crippen LogP contribution is 2.15. The van der Waals surface area contributed by atoms with Crippen LogP contribution in [0.15, 0.2) is 64.5 Å². The molecule has 1 amide bonds. The van der Waals surface area contributed by atoms with Crippen molar-refractivity contribution in [3.63, 3.8) is 0 Å². The van der Waals surface area contributed by atoms with Crippen LogP contribution >= 0.6 is 0 Å². The fourth-order valence-electron chi connectivity index (χ4n) is 2.96. The molecule has 0 radical (unpaired) electrons. The summed E-state index contributed by atoms with van der Waals surface area (Å²) in [4.78, 5) is 37.3. The Morgan fingerprint density at radius 1 is 1.06 bits per heavy atom. The van der Waals surface area contributed by atoms with E-state index in [1.165, 1.54) is 11.8 Å². The molecule has 2 N–H and O–H groups in total. The van der Waals surface area contributed by atoms with Gasteiger partial charge in [0.1, 0.15) is 5.75 Å². The molecule has 0 atom stereocenters. The van der Waals surface area contributed by atoms with E-state index in [2.05, 4.69) is 15.6 Å². The second-order valence-electron chi connectivity index (χ2n) is 6.56. The summed E-state index contributed by atoms with van der Waals surface area (Å²) < 4.78 is 11.2. The number of aromatic nitrogens is 2. The topological polar surface area (TPSA) is 115 Å². The molecule has 2 aromatic carbocycles. The molecule has 1 heterocycles. The first-order valence-corrected chi connectivity index (χ1v) is 9.39. The number of hydrazone groups is 1. The lowest BCUT2D eigenvalue weighted by Gasteiger charge is -2.03. The molecule has 9 heteroatoms. The third kappa shape index (κ3) is 4.89. The minimum atomic E-state index is -0.523. The van der Waals surface area contributed by atoms with Crippen LogP contribution in [-0.4, -0.2) is 41.6 Å². The van der Waals surface area contributed by atoms with E-state index in [1.807, 2.05) is 0 Å². The van der Waals surface area contributed by atoms with Crippen molar-refractivity contribution in [3.8, 4) is 11.4 Å². The number of esters is 1. The third-order valence-corrected chi connectivity index (χ3v) is 4.57. The van der Waals surface area contributed by atoms with Crippen LogP contribution in [0.5, 0.6) is 5.75 Å². The second-order valence-corrected chi connectivity index (χ2v) is 6.56. The van der Waals surface area contributed by atoms with Gasteiger partial charge in [-0.25, -0.2) is 10.1 Å². The van der Waals surface area contributed by atoms with Gasteiger partial charge in [-0.05, 0) is 43.3 Å². The number of methoxy groups -OCH3 is 2. The van der Waals surface area contributed by atoms with Crippen molar-refractivity contribution < 1.29 is 19.1 Å². The molecule has 3 aromatic rings. The Balaban J connectivity index is 1.98. The van der Waals surface area contributed by atoms with Crippen molar-refractivity contribution in [1.29, 1.82) is 0 Å². The standard InChI is InChI=1S/C22H22N4O5/c1-14(23-24-21(28)15-7-5-4-6-8-15)20-18(13-19(27)31-3)25-26(22(20)29)16-9-11-17(30-2)12-10-16/h4-12,25H,13H2,1-3H3,(H,24,28)/b23-14+. The Labute approximate surface area is 178 Å². The summed E-state index contributed by atoms with van der Waals surface area (Å²) in [6, 6.07) is 15.4. The lowest BCUT2D eigenvalue weighted by atomic mass is 10.1. The molecule has 0 aliphatic carbocycles. The van der Waals surface area contributed by atoms with Gasteiger partial charge in [0.25, 0.3) is 11.5 Å². The maximum Gasteiger partial charge on any atom is 0.311 e. The summed E-state index contributed by atoms with van der Waals surface area (Å²) in [6.45, 7) is 1.58. The van der Waals surface area contributed by atoms with Crippen molar-refractivity contribution >= 4 is 17.6 Å². The highest BCUT2D eigenvalue weighted by atomic mass is 16.5. The fraction of sp³-hybridized carbons (Fsp3) is 0.182. The average Bonchev–Trinajstić information content (AvgIpc) is 3.13. The van der Waals surface area contributed by atoms with E-state index in [0.717, 1.165) is 0 Å². The van der Waals surface area contributed by atoms with Crippen LogP contribution in [0.25, 0.3) is 5.69 Å². The summed E-state index contributed by atoms with van der Waals surface area (Å²) in [7, 11) is 2.81. The minimum Gasteiger partial charge on any atom is -0.497 e. The van der Waals surface area contributed by atoms with Crippen LogP contribution in [0.2, 0.25) is 0 Å². The third-order valence-electron chi connectivity index (χ3n) is 4.57. The zero-order chi connectivity index (χ0) is 22.4. The molecule has 3 rings (SSSR count). The number of hydrogen-bond donors (Lipinski definition) is 2. The quantitative estimate of drug-likeness (QED) is 0.344. The largest absolute Gasteiger partial charge is 0.497 e. The van der Waals surface area contributed by atoms with E-state index >= 15 is 0 Å². The highest BCUT2D eigenvalue weighted by Gasteiger charge is 2.21. The summed E-state index contributed by atoms with van der Waals surface area (Å²) >= 11 is 0. The van der Waals surface area contributed by atoms with E-state index in [1.54, 1.807) is 68.6 Å². The Hall–Kier alpha value is -4.14. The highest BCUT2D eigenvalue weighted by molar-refractivity contribution is 6.02. The SMILES string of the molecule is COC(=O)Cc1[nH]n(-c2ccc(OC)cc2)c(=O)c1/C(C)=N/NC(=O)c1ccccc1. The van der Waals surface area contributed by atoms with Crippen molar-refractivity contribution in [1.82, 2.24) is 15.2 Å². The Morgan fingerprint density at radius 2 is 1.74 bits per heavy atom. The van der Waals surface area contributed by atoms with Crippen molar-refractivity contribution in [2.45, 2.75) is 13.3 Å². The zero-order valence-corrected chi connectivity index (χ0v) is 17.3. The molecular formula is C22H22N4O5. The summed E-state index contributed by atoms with van der Waals surface area (Å²) in [6.07, 6.45) is -0.163. The van der Waals surface area contributed by atoms with Crippen LogP contribution in [-0.2, 0) is 16.0 Å². The average molecular weight is 422 g/mol. The first-order valence-electron chi connectivity index (χ1n) is 9.39. The summed E-state index contributed by atoms with van der Waals surface area (Å²) in [5, 5.41) is 7.01. The molecule has 0 fully saturated rings. The predicted octanol–water partition coefficient (Wildman–Crippen LogP) is 2.04. The molecule has 0 spiro atoms. The number of rotatable bonds is 7. The Kier molecular flexibility index (Phi) is 6.66.